The summed E-state index contributed by atoms with van der Waals surface area (Å²) in [7, 11) is 0. The average Bonchev–Trinajstić information content (AvgIpc) is 2.62. The molecule has 0 bridgehead atoms. The number of phenolic OH excluding ortho intramolecular Hbond substituents is 1. The Bertz CT molecular complexity index is 889. The van der Waals surface area contributed by atoms with Gasteiger partial charge in [-0.25, -0.2) is 4.39 Å². The molecule has 0 saturated heterocycles. The van der Waals surface area contributed by atoms with Crippen molar-refractivity contribution >= 4 is 11.5 Å². The van der Waals surface area contributed by atoms with Crippen LogP contribution in [0.2, 0.25) is 0 Å². The molecule has 0 fully saturated rings. The standard InChI is InChI=1S/C12H12F4O.C11H15NO/c1-8(17)11(2,13)7-9-4-3-5-10(6-9)12(14,15)16;1-4-9-7-10(12-8(2)3)5-6-11(9)13/h3-6H,7H2,1-2H3;5-7,12-13H,2,4H2,1,3H3. The van der Waals surface area contributed by atoms with Gasteiger partial charge in [0, 0.05) is 17.8 Å². The van der Waals surface area contributed by atoms with Crippen molar-refractivity contribution in [2.24, 2.45) is 0 Å². The van der Waals surface area contributed by atoms with Gasteiger partial charge >= 0.3 is 6.18 Å². The molecule has 0 heterocycles. The predicted molar refractivity (Wildman–Crippen MR) is 111 cm³/mol. The van der Waals surface area contributed by atoms with E-state index in [1.165, 1.54) is 12.1 Å². The molecule has 0 radical (unpaired) electrons. The number of phenols is 1. The van der Waals surface area contributed by atoms with Gasteiger partial charge in [0.1, 0.15) is 5.75 Å². The first-order valence-electron chi connectivity index (χ1n) is 9.36. The number of carbonyl (C=O) groups excluding carboxylic acids is 1. The Morgan fingerprint density at radius 1 is 1.10 bits per heavy atom. The second-order valence-corrected chi connectivity index (χ2v) is 7.23. The predicted octanol–water partition coefficient (Wildman–Crippen LogP) is 6.47. The maximum absolute atomic E-state index is 13.7. The lowest BCUT2D eigenvalue weighted by atomic mass is 9.94. The molecule has 1 unspecified atom stereocenters. The highest BCUT2D eigenvalue weighted by Gasteiger charge is 2.33. The van der Waals surface area contributed by atoms with Gasteiger partial charge in [-0.15, -0.1) is 0 Å². The summed E-state index contributed by atoms with van der Waals surface area (Å²) in [6.07, 6.45) is -3.98. The second kappa shape index (κ2) is 10.3. The number of aromatic hydroxyl groups is 1. The van der Waals surface area contributed by atoms with Crippen LogP contribution < -0.4 is 5.32 Å². The van der Waals surface area contributed by atoms with E-state index in [-0.39, 0.29) is 12.0 Å². The molecule has 3 nitrogen and oxygen atoms in total. The number of halogens is 4. The molecule has 0 aromatic heterocycles. The average molecular weight is 425 g/mol. The number of alkyl halides is 4. The zero-order chi connectivity index (χ0) is 23.1. The Hall–Kier alpha value is -2.83. The zero-order valence-corrected chi connectivity index (χ0v) is 17.5. The van der Waals surface area contributed by atoms with Crippen LogP contribution >= 0.6 is 0 Å². The Morgan fingerprint density at radius 2 is 1.73 bits per heavy atom. The first kappa shape index (κ1) is 25.2. The summed E-state index contributed by atoms with van der Waals surface area (Å²) >= 11 is 0. The van der Waals surface area contributed by atoms with Gasteiger partial charge < -0.3 is 10.4 Å². The van der Waals surface area contributed by atoms with E-state index < -0.39 is 23.2 Å². The first-order chi connectivity index (χ1) is 13.8. The van der Waals surface area contributed by atoms with E-state index in [0.29, 0.717) is 5.75 Å². The molecule has 30 heavy (non-hydrogen) atoms. The normalized spacial score (nSPS) is 12.9. The number of aryl methyl sites for hydroxylation is 1. The summed E-state index contributed by atoms with van der Waals surface area (Å²) in [4.78, 5) is 11.0. The van der Waals surface area contributed by atoms with Crippen LogP contribution in [0.5, 0.6) is 5.75 Å². The summed E-state index contributed by atoms with van der Waals surface area (Å²) in [5, 5.41) is 12.5. The van der Waals surface area contributed by atoms with Crippen LogP contribution in [0.3, 0.4) is 0 Å². The molecule has 2 aromatic rings. The molecule has 2 rings (SSSR count). The summed E-state index contributed by atoms with van der Waals surface area (Å²) in [5.41, 5.74) is 0.0000402. The molecule has 0 spiro atoms. The number of rotatable bonds is 6. The van der Waals surface area contributed by atoms with E-state index in [1.54, 1.807) is 6.07 Å². The summed E-state index contributed by atoms with van der Waals surface area (Å²) in [6.45, 7) is 9.81. The third kappa shape index (κ3) is 7.89. The van der Waals surface area contributed by atoms with Gasteiger partial charge in [-0.2, -0.15) is 13.2 Å². The number of Topliss-reactive ketones (excluding diaryl/α,β-unsaturated/α-hetero) is 1. The maximum atomic E-state index is 13.7. The smallest absolute Gasteiger partial charge is 0.416 e. The highest BCUT2D eigenvalue weighted by molar-refractivity contribution is 5.84. The monoisotopic (exact) mass is 425 g/mol. The topological polar surface area (TPSA) is 49.3 Å². The minimum Gasteiger partial charge on any atom is -0.508 e. The van der Waals surface area contributed by atoms with Crippen LogP contribution in [0, 0.1) is 0 Å². The van der Waals surface area contributed by atoms with Crippen molar-refractivity contribution in [2.45, 2.75) is 52.4 Å². The third-order valence-electron chi connectivity index (χ3n) is 4.34. The molecule has 0 saturated carbocycles. The number of nitrogens with one attached hydrogen (secondary N) is 1. The molecule has 164 valence electrons. The van der Waals surface area contributed by atoms with Gasteiger partial charge in [0.05, 0.1) is 5.56 Å². The van der Waals surface area contributed by atoms with Crippen molar-refractivity contribution < 1.29 is 27.5 Å². The Morgan fingerprint density at radius 3 is 2.23 bits per heavy atom. The fourth-order valence-electron chi connectivity index (χ4n) is 2.56. The number of ketones is 1. The minimum atomic E-state index is -4.46. The van der Waals surface area contributed by atoms with Crippen molar-refractivity contribution in [2.75, 3.05) is 5.32 Å². The fraction of sp³-hybridized carbons (Fsp3) is 0.348. The van der Waals surface area contributed by atoms with Crippen LogP contribution in [0.15, 0.2) is 54.7 Å². The highest BCUT2D eigenvalue weighted by Crippen LogP contribution is 2.30. The fourth-order valence-corrected chi connectivity index (χ4v) is 2.56. The molecule has 2 N–H and O–H groups in total. The molecule has 7 heteroatoms. The Kier molecular flexibility index (Phi) is 8.63. The van der Waals surface area contributed by atoms with Crippen molar-refractivity contribution in [3.63, 3.8) is 0 Å². The molecular formula is C23H27F4NO2. The van der Waals surface area contributed by atoms with Crippen LogP contribution in [0.1, 0.15) is 44.4 Å². The van der Waals surface area contributed by atoms with Gasteiger partial charge in [-0.05, 0) is 62.6 Å². The van der Waals surface area contributed by atoms with E-state index in [1.807, 2.05) is 26.0 Å². The van der Waals surface area contributed by atoms with Gasteiger partial charge in [-0.3, -0.25) is 4.79 Å². The van der Waals surface area contributed by atoms with E-state index in [4.69, 9.17) is 0 Å². The van der Waals surface area contributed by atoms with Crippen LogP contribution in [0.4, 0.5) is 23.2 Å². The second-order valence-electron chi connectivity index (χ2n) is 7.23. The first-order valence-corrected chi connectivity index (χ1v) is 9.36. The van der Waals surface area contributed by atoms with Gasteiger partial charge in [-0.1, -0.05) is 31.7 Å². The Balaban J connectivity index is 0.000000311. The SMILES string of the molecule is C=C(C)Nc1ccc(O)c(CC)c1.CC(=O)C(C)(F)Cc1cccc(C(F)(F)F)c1. The van der Waals surface area contributed by atoms with Gasteiger partial charge in [0.25, 0.3) is 0 Å². The van der Waals surface area contributed by atoms with E-state index in [0.717, 1.165) is 49.3 Å². The molecule has 1 atom stereocenters. The number of carbonyl (C=O) groups is 1. The third-order valence-corrected chi connectivity index (χ3v) is 4.34. The van der Waals surface area contributed by atoms with Crippen molar-refractivity contribution in [1.82, 2.24) is 0 Å². The van der Waals surface area contributed by atoms with Crippen LogP contribution in [0.25, 0.3) is 0 Å². The van der Waals surface area contributed by atoms with E-state index >= 15 is 0 Å². The van der Waals surface area contributed by atoms with Crippen LogP contribution in [-0.2, 0) is 23.8 Å². The summed E-state index contributed by atoms with van der Waals surface area (Å²) < 4.78 is 50.9. The molecule has 0 aliphatic carbocycles. The van der Waals surface area contributed by atoms with Crippen molar-refractivity contribution in [1.29, 1.82) is 0 Å². The van der Waals surface area contributed by atoms with E-state index in [2.05, 4.69) is 11.9 Å². The molecular weight excluding hydrogens is 398 g/mol. The lowest BCUT2D eigenvalue weighted by Crippen LogP contribution is -2.30. The number of benzene rings is 2. The number of hydrogen-bond acceptors (Lipinski definition) is 3. The van der Waals surface area contributed by atoms with E-state index in [9.17, 15) is 27.5 Å². The summed E-state index contributed by atoms with van der Waals surface area (Å²) in [5.74, 6) is -0.343. The quantitative estimate of drug-likeness (QED) is 0.412. The van der Waals surface area contributed by atoms with Crippen molar-refractivity contribution in [3.05, 3.63) is 71.4 Å². The van der Waals surface area contributed by atoms with Gasteiger partial charge in [0.2, 0.25) is 0 Å². The van der Waals surface area contributed by atoms with Crippen LogP contribution in [-0.4, -0.2) is 16.6 Å². The Labute approximate surface area is 174 Å². The lowest BCUT2D eigenvalue weighted by Gasteiger charge is -2.17. The van der Waals surface area contributed by atoms with Crippen molar-refractivity contribution in [3.8, 4) is 5.75 Å². The molecule has 0 aliphatic rings. The molecule has 2 aromatic carbocycles. The molecule has 0 amide bonds. The largest absolute Gasteiger partial charge is 0.508 e. The number of hydrogen-bond donors (Lipinski definition) is 2. The zero-order valence-electron chi connectivity index (χ0n) is 17.5. The minimum absolute atomic E-state index is 0.153. The van der Waals surface area contributed by atoms with Gasteiger partial charge in [0.15, 0.2) is 11.5 Å². The number of allylic oxidation sites excluding steroid dienone is 1. The highest BCUT2D eigenvalue weighted by atomic mass is 19.4. The molecule has 0 aliphatic heterocycles. The number of anilines is 1. The summed E-state index contributed by atoms with van der Waals surface area (Å²) in [6, 6.07) is 9.81. The maximum Gasteiger partial charge on any atom is 0.416 e. The lowest BCUT2D eigenvalue weighted by molar-refractivity contribution is -0.137.